The van der Waals surface area contributed by atoms with Crippen molar-refractivity contribution in [2.75, 3.05) is 18.2 Å². The Labute approximate surface area is 233 Å². The molecular formula is C31H33N5O4. The van der Waals surface area contributed by atoms with Crippen LogP contribution in [0.4, 0.5) is 5.95 Å². The zero-order valence-corrected chi connectivity index (χ0v) is 22.3. The summed E-state index contributed by atoms with van der Waals surface area (Å²) in [5.74, 6) is 1.18. The van der Waals surface area contributed by atoms with Gasteiger partial charge in [-0.2, -0.15) is 10.3 Å². The fraction of sp³-hybridized carbons (Fsp3) is 0.290. The molecule has 5 rings (SSSR count). The van der Waals surface area contributed by atoms with E-state index in [2.05, 4.69) is 44.9 Å². The van der Waals surface area contributed by atoms with Gasteiger partial charge in [0.15, 0.2) is 5.75 Å². The number of benzene rings is 3. The normalized spacial score (nSPS) is 14.6. The number of aromatic nitrogens is 4. The van der Waals surface area contributed by atoms with Crippen LogP contribution in [0.3, 0.4) is 0 Å². The summed E-state index contributed by atoms with van der Waals surface area (Å²) in [7, 11) is 0. The number of ether oxygens (including phenoxy) is 1. The molecular weight excluding hydrogens is 506 g/mol. The summed E-state index contributed by atoms with van der Waals surface area (Å²) < 4.78 is 5.94. The van der Waals surface area contributed by atoms with Gasteiger partial charge in [0.1, 0.15) is 5.75 Å². The monoisotopic (exact) mass is 539 g/mol. The molecule has 0 fully saturated rings. The van der Waals surface area contributed by atoms with Gasteiger partial charge >= 0.3 is 5.97 Å². The van der Waals surface area contributed by atoms with E-state index in [1.165, 1.54) is 5.56 Å². The molecule has 2 heterocycles. The quantitative estimate of drug-likeness (QED) is 0.159. The molecule has 0 saturated carbocycles. The number of para-hydroxylation sites is 1. The van der Waals surface area contributed by atoms with E-state index in [1.807, 2.05) is 60.7 Å². The average Bonchev–Trinajstić information content (AvgIpc) is 3.52. The smallest absolute Gasteiger partial charge is 0.303 e. The number of carbonyl (C=O) groups is 1. The van der Waals surface area contributed by atoms with E-state index in [4.69, 9.17) is 14.7 Å². The number of rotatable bonds is 13. The third-order valence-electron chi connectivity index (χ3n) is 6.91. The number of carboxylic acid groups (broad SMARTS) is 1. The molecule has 0 saturated heterocycles. The summed E-state index contributed by atoms with van der Waals surface area (Å²) in [5.41, 5.74) is 4.36. The van der Waals surface area contributed by atoms with E-state index < -0.39 is 5.97 Å². The largest absolute Gasteiger partial charge is 0.494 e. The van der Waals surface area contributed by atoms with E-state index in [1.54, 1.807) is 5.06 Å². The van der Waals surface area contributed by atoms with Crippen molar-refractivity contribution >= 4 is 24.1 Å². The predicted octanol–water partition coefficient (Wildman–Crippen LogP) is 5.92. The fourth-order valence-corrected chi connectivity index (χ4v) is 4.84. The number of hydrogen-bond donors (Lipinski definition) is 2. The maximum Gasteiger partial charge on any atom is 0.303 e. The number of unbranched alkanes of at least 4 members (excludes halogenated alkanes) is 1. The van der Waals surface area contributed by atoms with Crippen LogP contribution in [0.1, 0.15) is 60.3 Å². The molecule has 2 N–H and O–H groups in total. The second-order valence-corrected chi connectivity index (χ2v) is 9.81. The van der Waals surface area contributed by atoms with Gasteiger partial charge < -0.3 is 14.7 Å². The third kappa shape index (κ3) is 7.25. The molecule has 0 amide bonds. The Morgan fingerprint density at radius 3 is 2.65 bits per heavy atom. The van der Waals surface area contributed by atoms with Crippen LogP contribution in [-0.2, 0) is 11.2 Å². The zero-order valence-electron chi connectivity index (χ0n) is 22.3. The number of hydrogen-bond acceptors (Lipinski definition) is 7. The molecule has 0 radical (unpaired) electrons. The van der Waals surface area contributed by atoms with Crippen LogP contribution >= 0.6 is 0 Å². The first-order chi connectivity index (χ1) is 19.7. The molecule has 4 aromatic rings. The fourth-order valence-electron chi connectivity index (χ4n) is 4.84. The number of aryl methyl sites for hydroxylation is 1. The van der Waals surface area contributed by atoms with E-state index in [9.17, 15) is 4.79 Å². The summed E-state index contributed by atoms with van der Waals surface area (Å²) in [6.07, 6.45) is 8.63. The molecule has 1 unspecified atom stereocenters. The molecule has 0 aliphatic carbocycles. The number of fused-ring (bicyclic) bond motifs is 1. The van der Waals surface area contributed by atoms with Crippen LogP contribution in [0, 0.1) is 0 Å². The van der Waals surface area contributed by atoms with Crippen molar-refractivity contribution in [3.63, 3.8) is 0 Å². The zero-order chi connectivity index (χ0) is 27.6. The van der Waals surface area contributed by atoms with Crippen LogP contribution in [0.15, 0.2) is 72.8 Å². The topological polar surface area (TPSA) is 113 Å². The molecule has 206 valence electrons. The second kappa shape index (κ2) is 13.4. The van der Waals surface area contributed by atoms with Gasteiger partial charge in [0.05, 0.1) is 13.2 Å². The minimum atomic E-state index is -0.793. The molecule has 1 aliphatic heterocycles. The second-order valence-electron chi connectivity index (χ2n) is 9.81. The Bertz CT molecular complexity index is 1390. The molecule has 0 spiro atoms. The minimum Gasteiger partial charge on any atom is -0.494 e. The lowest BCUT2D eigenvalue weighted by atomic mass is 9.90. The van der Waals surface area contributed by atoms with Gasteiger partial charge in [-0.3, -0.25) is 4.79 Å². The lowest BCUT2D eigenvalue weighted by Gasteiger charge is -2.33. The van der Waals surface area contributed by atoms with Gasteiger partial charge in [-0.15, -0.1) is 5.10 Å². The van der Waals surface area contributed by atoms with Gasteiger partial charge in [-0.1, -0.05) is 77.9 Å². The number of anilines is 1. The lowest BCUT2D eigenvalue weighted by molar-refractivity contribution is -0.137. The standard InChI is InChI=1S/C31H33N5O4/c37-29(38)14-7-12-26-22-36(31-32-34-35-33-31)40-30-25(11-6-13-28(26)30)18-15-24-16-19-27(20-17-24)39-21-5-4-10-23-8-2-1-3-9-23/h1-3,6,8-9,11,13,15-20,26H,4-5,7,10,12,14,21-22H2,(H,37,38)(H,32,33,34,35). The first kappa shape index (κ1) is 26.9. The Morgan fingerprint density at radius 1 is 1.02 bits per heavy atom. The van der Waals surface area contributed by atoms with Crippen molar-refractivity contribution < 1.29 is 19.5 Å². The number of tetrazole rings is 1. The lowest BCUT2D eigenvalue weighted by Crippen LogP contribution is -2.37. The number of carboxylic acids is 1. The van der Waals surface area contributed by atoms with Crippen molar-refractivity contribution in [1.82, 2.24) is 20.6 Å². The highest BCUT2D eigenvalue weighted by atomic mass is 16.7. The van der Waals surface area contributed by atoms with Crippen LogP contribution < -0.4 is 14.6 Å². The van der Waals surface area contributed by atoms with Crippen molar-refractivity contribution in [2.45, 2.75) is 44.4 Å². The van der Waals surface area contributed by atoms with Crippen molar-refractivity contribution in [2.24, 2.45) is 0 Å². The van der Waals surface area contributed by atoms with Gasteiger partial charge in [-0.05, 0) is 60.6 Å². The average molecular weight is 540 g/mol. The highest BCUT2D eigenvalue weighted by molar-refractivity contribution is 5.74. The third-order valence-corrected chi connectivity index (χ3v) is 6.91. The van der Waals surface area contributed by atoms with Crippen LogP contribution in [-0.4, -0.2) is 44.9 Å². The number of nitrogens with one attached hydrogen (secondary N) is 1. The van der Waals surface area contributed by atoms with Gasteiger partial charge in [0.25, 0.3) is 5.95 Å². The van der Waals surface area contributed by atoms with Gasteiger partial charge in [-0.25, -0.2) is 0 Å². The minimum absolute atomic E-state index is 0.0686. The van der Waals surface area contributed by atoms with Crippen LogP contribution in [0.25, 0.3) is 12.2 Å². The van der Waals surface area contributed by atoms with E-state index in [0.717, 1.165) is 41.7 Å². The Kier molecular flexibility index (Phi) is 9.03. The molecule has 9 nitrogen and oxygen atoms in total. The number of H-pyrrole nitrogens is 1. The number of aliphatic carboxylic acids is 1. The maximum atomic E-state index is 11.1. The molecule has 1 atom stereocenters. The van der Waals surface area contributed by atoms with Crippen LogP contribution in [0.2, 0.25) is 0 Å². The Hall–Kier alpha value is -4.66. The van der Waals surface area contributed by atoms with Crippen molar-refractivity contribution in [3.05, 3.63) is 95.1 Å². The molecule has 0 bridgehead atoms. The van der Waals surface area contributed by atoms with Crippen LogP contribution in [0.5, 0.6) is 11.5 Å². The Balaban J connectivity index is 1.21. The Morgan fingerprint density at radius 2 is 1.88 bits per heavy atom. The molecule has 1 aliphatic rings. The predicted molar refractivity (Wildman–Crippen MR) is 153 cm³/mol. The summed E-state index contributed by atoms with van der Waals surface area (Å²) in [6.45, 7) is 1.20. The molecule has 3 aromatic carbocycles. The summed E-state index contributed by atoms with van der Waals surface area (Å²) in [5, 5.41) is 24.9. The molecule has 40 heavy (non-hydrogen) atoms. The SMILES string of the molecule is O=C(O)CCCC1CN(c2nn[nH]n2)Oc2c(C=Cc3ccc(OCCCCc4ccccc4)cc3)cccc21. The van der Waals surface area contributed by atoms with E-state index in [0.29, 0.717) is 37.7 Å². The van der Waals surface area contributed by atoms with Crippen molar-refractivity contribution in [3.8, 4) is 11.5 Å². The number of hydroxylamine groups is 1. The highest BCUT2D eigenvalue weighted by Crippen LogP contribution is 2.39. The summed E-state index contributed by atoms with van der Waals surface area (Å²) in [6, 6.07) is 24.6. The highest BCUT2D eigenvalue weighted by Gasteiger charge is 2.30. The number of nitrogens with zero attached hydrogens (tertiary/aromatic N) is 4. The summed E-state index contributed by atoms with van der Waals surface area (Å²) >= 11 is 0. The molecule has 9 heteroatoms. The van der Waals surface area contributed by atoms with Crippen molar-refractivity contribution in [1.29, 1.82) is 0 Å². The number of aromatic amines is 1. The maximum absolute atomic E-state index is 11.1. The van der Waals surface area contributed by atoms with Gasteiger partial charge in [0.2, 0.25) is 0 Å². The van der Waals surface area contributed by atoms with E-state index >= 15 is 0 Å². The first-order valence-electron chi connectivity index (χ1n) is 13.6. The first-order valence-corrected chi connectivity index (χ1v) is 13.6. The molecule has 1 aromatic heterocycles. The summed E-state index contributed by atoms with van der Waals surface area (Å²) in [4.78, 5) is 17.3. The van der Waals surface area contributed by atoms with E-state index in [-0.39, 0.29) is 12.3 Å². The van der Waals surface area contributed by atoms with Gasteiger partial charge in [0, 0.05) is 23.5 Å².